The van der Waals surface area contributed by atoms with Crippen LogP contribution in [0.4, 0.5) is 5.13 Å². The number of thiazole rings is 1. The molecule has 0 aliphatic carbocycles. The zero-order valence-electron chi connectivity index (χ0n) is 42.8. The van der Waals surface area contributed by atoms with Gasteiger partial charge in [0.1, 0.15) is 35.0 Å². The van der Waals surface area contributed by atoms with Crippen LogP contribution in [-0.2, 0) is 41.7 Å². The van der Waals surface area contributed by atoms with Crippen molar-refractivity contribution in [2.45, 2.75) is 36.1 Å². The second-order valence-electron chi connectivity index (χ2n) is 18.5. The summed E-state index contributed by atoms with van der Waals surface area (Å²) in [5.74, 6) is -1.03. The Labute approximate surface area is 469 Å². The van der Waals surface area contributed by atoms with Crippen LogP contribution in [-0.4, -0.2) is 67.0 Å². The van der Waals surface area contributed by atoms with Crippen molar-refractivity contribution in [3.05, 3.63) is 284 Å². The fourth-order valence-electron chi connectivity index (χ4n) is 9.84. The predicted molar refractivity (Wildman–Crippen MR) is 310 cm³/mol. The van der Waals surface area contributed by atoms with Crippen LogP contribution in [0.2, 0.25) is 0 Å². The maximum absolute atomic E-state index is 15.4. The molecule has 2 amide bonds. The molecule has 2 atom stereocenters. The summed E-state index contributed by atoms with van der Waals surface area (Å²) in [4.78, 5) is 63.1. The van der Waals surface area contributed by atoms with E-state index in [-0.39, 0.29) is 23.8 Å². The van der Waals surface area contributed by atoms with E-state index in [4.69, 9.17) is 28.8 Å². The van der Waals surface area contributed by atoms with Crippen molar-refractivity contribution in [2.75, 3.05) is 18.2 Å². The molecule has 79 heavy (non-hydrogen) atoms. The molecular weight excluding hydrogens is 1050 g/mol. The Morgan fingerprint density at radius 2 is 1.23 bits per heavy atom. The van der Waals surface area contributed by atoms with Crippen molar-refractivity contribution in [3.8, 4) is 5.75 Å². The SMILES string of the molecule is COc1ccc(COC(=O)C2=C(C=Cc3scnc3C)CS[C@@H]3C(NC(=O)C(=NOC(c4ccccc4)(c4ccccc4)c4ccccc4)c4nsc(NC(c5ccccc5)(c5ccccc5)c5ccccc5)n4)C(=O)N23)cc1. The van der Waals surface area contributed by atoms with Crippen LogP contribution in [0.5, 0.6) is 5.75 Å². The number of amides is 2. The zero-order valence-corrected chi connectivity index (χ0v) is 45.3. The number of β-lactam (4-membered cyclic amide) rings is 1. The third-order valence-electron chi connectivity index (χ3n) is 13.8. The fraction of sp³-hybridized carbons (Fsp3) is 0.127. The largest absolute Gasteiger partial charge is 0.497 e. The topological polar surface area (TPSA) is 157 Å². The summed E-state index contributed by atoms with van der Waals surface area (Å²) in [6.07, 6.45) is 3.72. The number of oxime groups is 1. The van der Waals surface area contributed by atoms with E-state index in [1.54, 1.807) is 24.8 Å². The molecule has 7 aromatic carbocycles. The highest BCUT2D eigenvalue weighted by Crippen LogP contribution is 2.44. The van der Waals surface area contributed by atoms with E-state index in [0.29, 0.717) is 22.2 Å². The maximum Gasteiger partial charge on any atom is 0.355 e. The number of nitrogens with zero attached hydrogens (tertiary/aromatic N) is 5. The van der Waals surface area contributed by atoms with Crippen molar-refractivity contribution in [3.63, 3.8) is 0 Å². The highest BCUT2D eigenvalue weighted by molar-refractivity contribution is 8.00. The van der Waals surface area contributed by atoms with Gasteiger partial charge in [0.05, 0.1) is 18.3 Å². The summed E-state index contributed by atoms with van der Waals surface area (Å²) >= 11 is 3.94. The smallest absolute Gasteiger partial charge is 0.355 e. The third kappa shape index (κ3) is 10.5. The van der Waals surface area contributed by atoms with Crippen molar-refractivity contribution < 1.29 is 28.7 Å². The van der Waals surface area contributed by atoms with Gasteiger partial charge >= 0.3 is 5.97 Å². The number of benzene rings is 7. The highest BCUT2D eigenvalue weighted by Gasteiger charge is 2.55. The molecule has 0 radical (unpaired) electrons. The second kappa shape index (κ2) is 23.3. The number of methoxy groups -OCH3 is 1. The molecule has 392 valence electrons. The number of esters is 1. The molecule has 13 nitrogen and oxygen atoms in total. The van der Waals surface area contributed by atoms with E-state index in [1.807, 2.05) is 177 Å². The number of allylic oxidation sites excluding steroid dienone is 1. The van der Waals surface area contributed by atoms with Crippen LogP contribution in [0, 0.1) is 6.92 Å². The van der Waals surface area contributed by atoms with Crippen LogP contribution in [0.15, 0.2) is 234 Å². The standard InChI is InChI=1S/C63H51N7O6S3/c1-42-52(78-41-64-42)38-35-44-40-77-59-54(58(72)70(59)55(44)60(73)75-39-43-33-36-51(74-2)37-34-43)65-57(71)53(68-76-63(48-27-15-6-16-28-48,49-29-17-7-18-30-49)50-31-19-8-20-32-50)56-66-61(79-69-56)67-62(45-21-9-3-10-22-45,46-23-11-4-12-24-46)47-25-13-5-14-26-47/h3-38,41,54,59H,39-40H2,1-2H3,(H,65,71)(H,66,67,69)/t54?,59-/m1/s1. The second-order valence-corrected chi connectivity index (χ2v) is 21.2. The molecule has 11 rings (SSSR count). The van der Waals surface area contributed by atoms with Crippen LogP contribution < -0.4 is 15.4 Å². The summed E-state index contributed by atoms with van der Waals surface area (Å²) in [7, 11) is 1.58. The normalized spacial score (nSPS) is 15.5. The van der Waals surface area contributed by atoms with Crippen LogP contribution in [0.25, 0.3) is 6.08 Å². The van der Waals surface area contributed by atoms with Gasteiger partial charge in [0.25, 0.3) is 11.8 Å². The average Bonchev–Trinajstić information content (AvgIpc) is 4.30. The lowest BCUT2D eigenvalue weighted by Crippen LogP contribution is -2.71. The van der Waals surface area contributed by atoms with E-state index in [9.17, 15) is 9.59 Å². The first-order valence-electron chi connectivity index (χ1n) is 25.4. The molecule has 9 aromatic rings. The van der Waals surface area contributed by atoms with Crippen molar-refractivity contribution in [1.29, 1.82) is 0 Å². The van der Waals surface area contributed by atoms with Gasteiger partial charge in [0, 0.05) is 38.9 Å². The molecule has 2 N–H and O–H groups in total. The van der Waals surface area contributed by atoms with Gasteiger partial charge in [-0.3, -0.25) is 14.5 Å². The van der Waals surface area contributed by atoms with E-state index in [2.05, 4.69) is 52.0 Å². The number of aryl methyl sites for hydroxylation is 1. The zero-order chi connectivity index (χ0) is 54.2. The van der Waals surface area contributed by atoms with Crippen LogP contribution in [0.3, 0.4) is 0 Å². The van der Waals surface area contributed by atoms with Gasteiger partial charge in [-0.15, -0.1) is 23.1 Å². The maximum atomic E-state index is 15.4. The lowest BCUT2D eigenvalue weighted by Gasteiger charge is -2.49. The Bertz CT molecular complexity index is 3480. The molecular formula is C63H51N7O6S3. The van der Waals surface area contributed by atoms with Gasteiger partial charge < -0.3 is 24.9 Å². The van der Waals surface area contributed by atoms with E-state index >= 15 is 4.79 Å². The van der Waals surface area contributed by atoms with Gasteiger partial charge in [-0.1, -0.05) is 205 Å². The number of nitrogens with one attached hydrogen (secondary N) is 2. The fourth-order valence-corrected chi connectivity index (χ4v) is 12.5. The quantitative estimate of drug-likeness (QED) is 0.0261. The Hall–Kier alpha value is -8.96. The number of rotatable bonds is 19. The summed E-state index contributed by atoms with van der Waals surface area (Å²) in [5, 5.41) is 11.3. The van der Waals surface area contributed by atoms with Gasteiger partial charge in [0.2, 0.25) is 22.3 Å². The Balaban J connectivity index is 0.982. The number of hydrogen-bond donors (Lipinski definition) is 2. The lowest BCUT2D eigenvalue weighted by molar-refractivity contribution is -0.153. The van der Waals surface area contributed by atoms with Crippen molar-refractivity contribution >= 4 is 69.3 Å². The van der Waals surface area contributed by atoms with Gasteiger partial charge in [-0.05, 0) is 53.0 Å². The first-order chi connectivity index (χ1) is 38.8. The Morgan fingerprint density at radius 3 is 1.72 bits per heavy atom. The Morgan fingerprint density at radius 1 is 0.709 bits per heavy atom. The lowest BCUT2D eigenvalue weighted by atomic mass is 9.77. The molecule has 4 heterocycles. The summed E-state index contributed by atoms with van der Waals surface area (Å²) < 4.78 is 16.1. The molecule has 1 fully saturated rings. The van der Waals surface area contributed by atoms with Crippen LogP contribution in [0.1, 0.15) is 55.3 Å². The van der Waals surface area contributed by atoms with Gasteiger partial charge in [0.15, 0.2) is 0 Å². The first-order valence-corrected chi connectivity index (χ1v) is 28.1. The number of anilines is 1. The van der Waals surface area contributed by atoms with E-state index in [1.165, 1.54) is 28.0 Å². The minimum absolute atomic E-state index is 0.0474. The molecule has 1 saturated heterocycles. The monoisotopic (exact) mass is 1100 g/mol. The molecule has 2 aliphatic heterocycles. The first kappa shape index (κ1) is 52.1. The highest BCUT2D eigenvalue weighted by atomic mass is 32.2. The van der Waals surface area contributed by atoms with Crippen LogP contribution >= 0.6 is 34.6 Å². The summed E-state index contributed by atoms with van der Waals surface area (Å²) in [6, 6.07) is 65.3. The summed E-state index contributed by atoms with van der Waals surface area (Å²) in [5.41, 5.74) is 6.37. The number of aromatic nitrogens is 3. The average molecular weight is 1100 g/mol. The minimum Gasteiger partial charge on any atom is -0.497 e. The van der Waals surface area contributed by atoms with Gasteiger partial charge in [-0.25, -0.2) is 9.78 Å². The Kier molecular flexibility index (Phi) is 15.4. The number of fused-ring (bicyclic) bond motifs is 1. The van der Waals surface area contributed by atoms with Crippen molar-refractivity contribution in [1.82, 2.24) is 24.6 Å². The minimum atomic E-state index is -1.40. The molecule has 0 spiro atoms. The van der Waals surface area contributed by atoms with Gasteiger partial charge in [-0.2, -0.15) is 9.36 Å². The summed E-state index contributed by atoms with van der Waals surface area (Å²) in [6.45, 7) is 1.86. The molecule has 2 aromatic heterocycles. The molecule has 2 aliphatic rings. The molecule has 1 unspecified atom stereocenters. The molecule has 0 bridgehead atoms. The van der Waals surface area contributed by atoms with E-state index < -0.39 is 40.3 Å². The predicted octanol–water partition coefficient (Wildman–Crippen LogP) is 11.5. The number of thioether (sulfide) groups is 1. The number of hydrogen-bond acceptors (Lipinski definition) is 14. The van der Waals surface area contributed by atoms with E-state index in [0.717, 1.165) is 61.0 Å². The number of carbonyl (C=O) groups excluding carboxylic acids is 3. The molecule has 16 heteroatoms. The molecule has 0 saturated carbocycles. The third-order valence-corrected chi connectivity index (χ3v) is 16.6. The number of ether oxygens (including phenoxy) is 2. The number of carbonyl (C=O) groups is 3. The van der Waals surface area contributed by atoms with Crippen molar-refractivity contribution in [2.24, 2.45) is 5.16 Å².